The van der Waals surface area contributed by atoms with Gasteiger partial charge in [-0.3, -0.25) is 10.1 Å². The molecule has 0 aromatic heterocycles. The predicted octanol–water partition coefficient (Wildman–Crippen LogP) is 1.53. The third-order valence-corrected chi connectivity index (χ3v) is 2.98. The zero-order valence-electron chi connectivity index (χ0n) is 7.51. The van der Waals surface area contributed by atoms with Crippen LogP contribution in [0.4, 0.5) is 5.69 Å². The molecule has 0 fully saturated rings. The lowest BCUT2D eigenvalue weighted by atomic mass is 10.3. The largest absolute Gasteiger partial charge is 0.490 e. The number of nitrogens with zero attached hydrogens (tertiary/aromatic N) is 1. The van der Waals surface area contributed by atoms with Crippen LogP contribution in [-0.2, 0) is 9.05 Å². The van der Waals surface area contributed by atoms with E-state index in [1.165, 1.54) is 19.2 Å². The standard InChI is InChI=1S/C7H6ClNO5S/c1-14-5-3-2-4-6(15(8,12)13)7(5)9(10)11/h2-4H,1H3. The van der Waals surface area contributed by atoms with E-state index in [1.807, 2.05) is 0 Å². The van der Waals surface area contributed by atoms with Crippen LogP contribution >= 0.6 is 10.7 Å². The molecule has 0 saturated heterocycles. The van der Waals surface area contributed by atoms with Crippen LogP contribution in [0, 0.1) is 10.1 Å². The number of ether oxygens (including phenoxy) is 1. The molecule has 15 heavy (non-hydrogen) atoms. The van der Waals surface area contributed by atoms with E-state index < -0.39 is 24.6 Å². The smallest absolute Gasteiger partial charge is 0.330 e. The fraction of sp³-hybridized carbons (Fsp3) is 0.143. The molecule has 0 saturated carbocycles. The van der Waals surface area contributed by atoms with Crippen molar-refractivity contribution in [3.8, 4) is 5.75 Å². The minimum Gasteiger partial charge on any atom is -0.490 e. The second kappa shape index (κ2) is 4.03. The number of halogens is 1. The summed E-state index contributed by atoms with van der Waals surface area (Å²) in [4.78, 5) is 9.22. The quantitative estimate of drug-likeness (QED) is 0.462. The van der Waals surface area contributed by atoms with Crippen LogP contribution in [0.25, 0.3) is 0 Å². The number of para-hydroxylation sites is 1. The lowest BCUT2D eigenvalue weighted by Gasteiger charge is -2.03. The minimum absolute atomic E-state index is 0.151. The van der Waals surface area contributed by atoms with Crippen molar-refractivity contribution >= 4 is 25.4 Å². The summed E-state index contributed by atoms with van der Waals surface area (Å²) in [6.07, 6.45) is 0. The zero-order chi connectivity index (χ0) is 11.6. The van der Waals surface area contributed by atoms with Crippen molar-refractivity contribution in [2.75, 3.05) is 7.11 Å². The van der Waals surface area contributed by atoms with Gasteiger partial charge in [0.2, 0.25) is 0 Å². The molecular weight excluding hydrogens is 246 g/mol. The fourth-order valence-electron chi connectivity index (χ4n) is 1.04. The van der Waals surface area contributed by atoms with Crippen LogP contribution in [0.15, 0.2) is 23.1 Å². The first-order valence-electron chi connectivity index (χ1n) is 3.64. The summed E-state index contributed by atoms with van der Waals surface area (Å²) < 4.78 is 26.7. The maximum absolute atomic E-state index is 11.0. The highest BCUT2D eigenvalue weighted by Crippen LogP contribution is 2.34. The Labute approximate surface area is 90.0 Å². The molecular formula is C7H6ClNO5S. The van der Waals surface area contributed by atoms with E-state index in [-0.39, 0.29) is 5.75 Å². The molecule has 0 spiro atoms. The Balaban J connectivity index is 3.60. The Kier molecular flexibility index (Phi) is 3.15. The molecule has 1 aromatic carbocycles. The Morgan fingerprint density at radius 1 is 1.47 bits per heavy atom. The van der Waals surface area contributed by atoms with Crippen LogP contribution in [0.2, 0.25) is 0 Å². The van der Waals surface area contributed by atoms with Gasteiger partial charge in [-0.05, 0) is 12.1 Å². The van der Waals surface area contributed by atoms with Crippen molar-refractivity contribution in [1.82, 2.24) is 0 Å². The van der Waals surface area contributed by atoms with Crippen LogP contribution in [0.5, 0.6) is 5.75 Å². The van der Waals surface area contributed by atoms with Crippen LogP contribution in [-0.4, -0.2) is 20.5 Å². The first kappa shape index (κ1) is 11.7. The molecule has 0 amide bonds. The maximum atomic E-state index is 11.0. The third kappa shape index (κ3) is 2.37. The molecule has 6 nitrogen and oxygen atoms in total. The molecule has 82 valence electrons. The molecule has 0 aliphatic carbocycles. The van der Waals surface area contributed by atoms with Crippen molar-refractivity contribution in [3.05, 3.63) is 28.3 Å². The first-order valence-corrected chi connectivity index (χ1v) is 5.95. The Morgan fingerprint density at radius 3 is 2.47 bits per heavy atom. The lowest BCUT2D eigenvalue weighted by molar-refractivity contribution is -0.388. The summed E-state index contributed by atoms with van der Waals surface area (Å²) >= 11 is 0. The summed E-state index contributed by atoms with van der Waals surface area (Å²) in [5, 5.41) is 10.7. The van der Waals surface area contributed by atoms with Gasteiger partial charge in [0, 0.05) is 10.7 Å². The number of methoxy groups -OCH3 is 1. The molecule has 0 atom stereocenters. The Bertz CT molecular complexity index is 498. The van der Waals surface area contributed by atoms with Gasteiger partial charge in [0.15, 0.2) is 10.6 Å². The fourth-order valence-corrected chi connectivity index (χ4v) is 2.06. The molecule has 1 rings (SSSR count). The summed E-state index contributed by atoms with van der Waals surface area (Å²) in [6, 6.07) is 3.63. The van der Waals surface area contributed by atoms with Crippen molar-refractivity contribution in [3.63, 3.8) is 0 Å². The normalized spacial score (nSPS) is 11.1. The summed E-state index contributed by atoms with van der Waals surface area (Å²) in [5.41, 5.74) is -0.657. The van der Waals surface area contributed by atoms with Gasteiger partial charge in [0.05, 0.1) is 12.0 Å². The average molecular weight is 252 g/mol. The predicted molar refractivity (Wildman–Crippen MR) is 52.7 cm³/mol. The number of nitro groups is 1. The highest BCUT2D eigenvalue weighted by Gasteiger charge is 2.28. The Morgan fingerprint density at radius 2 is 2.07 bits per heavy atom. The molecule has 0 aliphatic rings. The highest BCUT2D eigenvalue weighted by atomic mass is 35.7. The molecule has 0 heterocycles. The van der Waals surface area contributed by atoms with E-state index in [9.17, 15) is 18.5 Å². The number of benzene rings is 1. The van der Waals surface area contributed by atoms with Gasteiger partial charge >= 0.3 is 5.69 Å². The summed E-state index contributed by atoms with van der Waals surface area (Å²) in [5.74, 6) is -0.151. The molecule has 8 heteroatoms. The van der Waals surface area contributed by atoms with E-state index in [2.05, 4.69) is 4.74 Å². The number of hydrogen-bond donors (Lipinski definition) is 0. The number of hydrogen-bond acceptors (Lipinski definition) is 5. The monoisotopic (exact) mass is 251 g/mol. The van der Waals surface area contributed by atoms with Gasteiger partial charge in [-0.25, -0.2) is 8.42 Å². The molecule has 0 aliphatic heterocycles. The minimum atomic E-state index is -4.16. The van der Waals surface area contributed by atoms with Crippen LogP contribution < -0.4 is 4.74 Å². The topological polar surface area (TPSA) is 86.5 Å². The van der Waals surface area contributed by atoms with E-state index in [1.54, 1.807) is 0 Å². The van der Waals surface area contributed by atoms with Gasteiger partial charge in [0.1, 0.15) is 0 Å². The molecule has 0 bridgehead atoms. The third-order valence-electron chi connectivity index (χ3n) is 1.63. The summed E-state index contributed by atoms with van der Waals surface area (Å²) in [7, 11) is 2.09. The van der Waals surface area contributed by atoms with Crippen molar-refractivity contribution in [2.24, 2.45) is 0 Å². The second-order valence-corrected chi connectivity index (χ2v) is 5.04. The molecule has 1 aromatic rings. The maximum Gasteiger partial charge on any atom is 0.330 e. The number of rotatable bonds is 3. The SMILES string of the molecule is COc1cccc(S(=O)(=O)Cl)c1[N+](=O)[O-]. The van der Waals surface area contributed by atoms with E-state index in [0.29, 0.717) is 0 Å². The second-order valence-electron chi connectivity index (χ2n) is 2.50. The Hall–Kier alpha value is -1.34. The van der Waals surface area contributed by atoms with Gasteiger partial charge in [-0.2, -0.15) is 0 Å². The van der Waals surface area contributed by atoms with E-state index in [4.69, 9.17) is 10.7 Å². The van der Waals surface area contributed by atoms with Gasteiger partial charge < -0.3 is 4.74 Å². The van der Waals surface area contributed by atoms with E-state index >= 15 is 0 Å². The van der Waals surface area contributed by atoms with Crippen molar-refractivity contribution in [1.29, 1.82) is 0 Å². The van der Waals surface area contributed by atoms with Gasteiger partial charge in [-0.1, -0.05) is 6.07 Å². The van der Waals surface area contributed by atoms with Crippen molar-refractivity contribution < 1.29 is 18.1 Å². The van der Waals surface area contributed by atoms with E-state index in [0.717, 1.165) is 6.07 Å². The first-order chi connectivity index (χ1) is 6.88. The molecule has 0 N–H and O–H groups in total. The van der Waals surface area contributed by atoms with Gasteiger partial charge in [0.25, 0.3) is 9.05 Å². The van der Waals surface area contributed by atoms with Crippen LogP contribution in [0.1, 0.15) is 0 Å². The summed E-state index contributed by atoms with van der Waals surface area (Å²) in [6.45, 7) is 0. The zero-order valence-corrected chi connectivity index (χ0v) is 9.08. The van der Waals surface area contributed by atoms with Crippen LogP contribution in [0.3, 0.4) is 0 Å². The van der Waals surface area contributed by atoms with Gasteiger partial charge in [-0.15, -0.1) is 0 Å². The molecule has 0 radical (unpaired) electrons. The lowest BCUT2D eigenvalue weighted by Crippen LogP contribution is -2.01. The average Bonchev–Trinajstić information content (AvgIpc) is 2.15. The van der Waals surface area contributed by atoms with Crippen molar-refractivity contribution in [2.45, 2.75) is 4.90 Å². The highest BCUT2D eigenvalue weighted by molar-refractivity contribution is 8.13. The molecule has 0 unspecified atom stereocenters. The number of nitro benzene ring substituents is 1.